The van der Waals surface area contributed by atoms with E-state index in [1.165, 1.54) is 23.9 Å². The van der Waals surface area contributed by atoms with E-state index in [9.17, 15) is 14.9 Å². The number of benzene rings is 2. The first-order valence-corrected chi connectivity index (χ1v) is 12.5. The standard InChI is InChI=1S/C26H23N7O3S/c1-16-5-9-19(10-6-16)23-22(24(34)29-20-4-3-13-27-14-20)17(2)28-25-30-26(31-32(23)25)37-15-18-7-11-21(12-8-18)33(35)36/h3-14,23H,15H2,1-2H3,(H,29,34)(H,28,30,31). The first-order chi connectivity index (χ1) is 17.9. The molecule has 0 radical (unpaired) electrons. The van der Waals surface area contributed by atoms with E-state index >= 15 is 0 Å². The lowest BCUT2D eigenvalue weighted by molar-refractivity contribution is -0.384. The van der Waals surface area contributed by atoms with Crippen molar-refractivity contribution in [3.8, 4) is 0 Å². The van der Waals surface area contributed by atoms with Crippen LogP contribution in [-0.4, -0.2) is 30.6 Å². The molecule has 0 aliphatic carbocycles. The number of thioether (sulfide) groups is 1. The highest BCUT2D eigenvalue weighted by Gasteiger charge is 2.34. The zero-order valence-corrected chi connectivity index (χ0v) is 20.9. The number of rotatable bonds is 7. The summed E-state index contributed by atoms with van der Waals surface area (Å²) in [6.07, 6.45) is 3.24. The fourth-order valence-corrected chi connectivity index (χ4v) is 4.83. The van der Waals surface area contributed by atoms with Crippen molar-refractivity contribution >= 4 is 35.0 Å². The highest BCUT2D eigenvalue weighted by Crippen LogP contribution is 2.37. The maximum absolute atomic E-state index is 13.5. The molecule has 5 rings (SSSR count). The minimum atomic E-state index is -0.491. The van der Waals surface area contributed by atoms with Crippen LogP contribution in [0.15, 0.2) is 89.5 Å². The van der Waals surface area contributed by atoms with Crippen LogP contribution in [0.1, 0.15) is 29.7 Å². The SMILES string of the molecule is CC1=C(C(=O)Nc2cccnc2)C(c2ccc(C)cc2)n2nc(SCc3ccc([N+](=O)[O-])cc3)nc2N1. The topological polar surface area (TPSA) is 128 Å². The van der Waals surface area contributed by atoms with Gasteiger partial charge in [-0.15, -0.1) is 5.10 Å². The summed E-state index contributed by atoms with van der Waals surface area (Å²) < 4.78 is 1.73. The highest BCUT2D eigenvalue weighted by molar-refractivity contribution is 7.98. The number of hydrogen-bond donors (Lipinski definition) is 2. The minimum Gasteiger partial charge on any atom is -0.328 e. The second-order valence-electron chi connectivity index (χ2n) is 8.55. The average molecular weight is 514 g/mol. The largest absolute Gasteiger partial charge is 0.328 e. The van der Waals surface area contributed by atoms with Crippen LogP contribution in [0.5, 0.6) is 0 Å². The molecule has 0 saturated carbocycles. The van der Waals surface area contributed by atoms with Crippen molar-refractivity contribution in [2.75, 3.05) is 10.6 Å². The van der Waals surface area contributed by atoms with E-state index in [2.05, 4.69) is 20.6 Å². The molecule has 0 spiro atoms. The van der Waals surface area contributed by atoms with Gasteiger partial charge in [-0.3, -0.25) is 19.9 Å². The molecule has 10 nitrogen and oxygen atoms in total. The van der Waals surface area contributed by atoms with Gasteiger partial charge in [0, 0.05) is 29.8 Å². The smallest absolute Gasteiger partial charge is 0.269 e. The maximum atomic E-state index is 13.5. The zero-order valence-electron chi connectivity index (χ0n) is 20.1. The number of hydrogen-bond acceptors (Lipinski definition) is 8. The van der Waals surface area contributed by atoms with Gasteiger partial charge < -0.3 is 10.6 Å². The number of carbonyl (C=O) groups excluding carboxylic acids is 1. The molecule has 2 aromatic carbocycles. The normalized spacial score (nSPS) is 14.6. The van der Waals surface area contributed by atoms with Crippen LogP contribution in [0.3, 0.4) is 0 Å². The molecule has 2 aromatic heterocycles. The average Bonchev–Trinajstić information content (AvgIpc) is 3.30. The van der Waals surface area contributed by atoms with Crippen molar-refractivity contribution in [2.24, 2.45) is 0 Å². The summed E-state index contributed by atoms with van der Waals surface area (Å²) in [5.74, 6) is 0.814. The van der Waals surface area contributed by atoms with Crippen molar-refractivity contribution in [3.63, 3.8) is 0 Å². The van der Waals surface area contributed by atoms with E-state index in [0.29, 0.717) is 33.8 Å². The number of nitro groups is 1. The Kier molecular flexibility index (Phi) is 6.69. The molecular weight excluding hydrogens is 490 g/mol. The molecule has 1 aliphatic heterocycles. The fourth-order valence-electron chi connectivity index (χ4n) is 4.04. The van der Waals surface area contributed by atoms with E-state index < -0.39 is 11.0 Å². The van der Waals surface area contributed by atoms with Crippen LogP contribution in [0.25, 0.3) is 0 Å². The Morgan fingerprint density at radius 1 is 1.14 bits per heavy atom. The molecule has 3 heterocycles. The molecule has 37 heavy (non-hydrogen) atoms. The van der Waals surface area contributed by atoms with Crippen molar-refractivity contribution < 1.29 is 9.72 Å². The first-order valence-electron chi connectivity index (χ1n) is 11.5. The molecule has 11 heteroatoms. The van der Waals surface area contributed by atoms with Crippen LogP contribution in [0.2, 0.25) is 0 Å². The Hall–Kier alpha value is -4.51. The van der Waals surface area contributed by atoms with E-state index in [1.54, 1.807) is 41.3 Å². The van der Waals surface area contributed by atoms with E-state index in [4.69, 9.17) is 5.10 Å². The summed E-state index contributed by atoms with van der Waals surface area (Å²) in [6.45, 7) is 3.86. The Balaban J connectivity index is 1.45. The summed E-state index contributed by atoms with van der Waals surface area (Å²) in [5, 5.41) is 22.3. The highest BCUT2D eigenvalue weighted by atomic mass is 32.2. The van der Waals surface area contributed by atoms with Crippen LogP contribution in [0.4, 0.5) is 17.3 Å². The quantitative estimate of drug-likeness (QED) is 0.198. The van der Waals surface area contributed by atoms with Gasteiger partial charge in [0.05, 0.1) is 22.4 Å². The fraction of sp³-hybridized carbons (Fsp3) is 0.154. The van der Waals surface area contributed by atoms with Crippen molar-refractivity contribution in [3.05, 3.63) is 111 Å². The zero-order chi connectivity index (χ0) is 25.9. The summed E-state index contributed by atoms with van der Waals surface area (Å²) >= 11 is 1.41. The number of amides is 1. The maximum Gasteiger partial charge on any atom is 0.269 e. The molecular formula is C26H23N7O3S. The number of carbonyl (C=O) groups is 1. The van der Waals surface area contributed by atoms with Gasteiger partial charge in [-0.25, -0.2) is 4.68 Å². The van der Waals surface area contributed by atoms with E-state index in [0.717, 1.165) is 16.7 Å². The Labute approximate surface area is 217 Å². The molecule has 0 bridgehead atoms. The van der Waals surface area contributed by atoms with E-state index in [1.807, 2.05) is 38.1 Å². The predicted octanol–water partition coefficient (Wildman–Crippen LogP) is 5.11. The third-order valence-electron chi connectivity index (χ3n) is 5.91. The Morgan fingerprint density at radius 3 is 2.57 bits per heavy atom. The predicted molar refractivity (Wildman–Crippen MR) is 141 cm³/mol. The lowest BCUT2D eigenvalue weighted by Gasteiger charge is -2.28. The van der Waals surface area contributed by atoms with Crippen molar-refractivity contribution in [1.82, 2.24) is 19.7 Å². The van der Waals surface area contributed by atoms with Gasteiger partial charge in [0.2, 0.25) is 11.1 Å². The summed E-state index contributed by atoms with van der Waals surface area (Å²) in [4.78, 5) is 32.7. The van der Waals surface area contributed by atoms with Gasteiger partial charge in [0.15, 0.2) is 0 Å². The van der Waals surface area contributed by atoms with Crippen LogP contribution in [-0.2, 0) is 10.5 Å². The third-order valence-corrected chi connectivity index (χ3v) is 6.81. The van der Waals surface area contributed by atoms with Crippen LogP contribution >= 0.6 is 11.8 Å². The molecule has 1 unspecified atom stereocenters. The number of nitrogens with one attached hydrogen (secondary N) is 2. The van der Waals surface area contributed by atoms with Gasteiger partial charge in [0.25, 0.3) is 11.6 Å². The number of allylic oxidation sites excluding steroid dienone is 1. The number of pyridine rings is 1. The molecule has 0 saturated heterocycles. The summed E-state index contributed by atoms with van der Waals surface area (Å²) in [6, 6.07) is 17.5. The number of aromatic nitrogens is 4. The number of non-ortho nitro benzene ring substituents is 1. The Morgan fingerprint density at radius 2 is 1.89 bits per heavy atom. The monoisotopic (exact) mass is 513 g/mol. The molecule has 2 N–H and O–H groups in total. The van der Waals surface area contributed by atoms with Gasteiger partial charge in [-0.1, -0.05) is 53.7 Å². The third kappa shape index (κ3) is 5.21. The van der Waals surface area contributed by atoms with Gasteiger partial charge in [-0.05, 0) is 37.1 Å². The van der Waals surface area contributed by atoms with E-state index in [-0.39, 0.29) is 11.6 Å². The number of nitro benzene ring substituents is 1. The lowest BCUT2D eigenvalue weighted by Crippen LogP contribution is -2.31. The number of nitrogens with zero attached hydrogens (tertiary/aromatic N) is 5. The van der Waals surface area contributed by atoms with Crippen molar-refractivity contribution in [1.29, 1.82) is 0 Å². The molecule has 1 atom stereocenters. The summed E-state index contributed by atoms with van der Waals surface area (Å²) in [5.41, 5.74) is 4.78. The number of fused-ring (bicyclic) bond motifs is 1. The van der Waals surface area contributed by atoms with Gasteiger partial charge in [-0.2, -0.15) is 4.98 Å². The first kappa shape index (κ1) is 24.2. The second kappa shape index (κ2) is 10.2. The van der Waals surface area contributed by atoms with Gasteiger partial charge in [0.1, 0.15) is 6.04 Å². The minimum absolute atomic E-state index is 0.0492. The van der Waals surface area contributed by atoms with Crippen LogP contribution in [0, 0.1) is 17.0 Å². The number of anilines is 2. The van der Waals surface area contributed by atoms with Crippen molar-refractivity contribution in [2.45, 2.75) is 30.8 Å². The molecule has 1 amide bonds. The molecule has 0 fully saturated rings. The lowest BCUT2D eigenvalue weighted by atomic mass is 9.94. The molecule has 186 valence electrons. The van der Waals surface area contributed by atoms with Gasteiger partial charge >= 0.3 is 0 Å². The summed E-state index contributed by atoms with van der Waals surface area (Å²) in [7, 11) is 0. The Bertz CT molecular complexity index is 1480. The molecule has 4 aromatic rings. The second-order valence-corrected chi connectivity index (χ2v) is 9.49. The number of aryl methyl sites for hydroxylation is 1. The molecule has 1 aliphatic rings. The van der Waals surface area contributed by atoms with Crippen LogP contribution < -0.4 is 10.6 Å².